The molecule has 1 amide bonds. The van der Waals surface area contributed by atoms with Crippen molar-refractivity contribution in [2.45, 2.75) is 33.3 Å². The zero-order valence-electron chi connectivity index (χ0n) is 10.9. The summed E-state index contributed by atoms with van der Waals surface area (Å²) < 4.78 is 0. The van der Waals surface area contributed by atoms with Gasteiger partial charge < -0.3 is 10.0 Å². The lowest BCUT2D eigenvalue weighted by atomic mass is 10.1. The van der Waals surface area contributed by atoms with Gasteiger partial charge in [0.2, 0.25) is 0 Å². The van der Waals surface area contributed by atoms with E-state index in [2.05, 4.69) is 4.98 Å². The number of aromatic nitrogens is 1. The fourth-order valence-corrected chi connectivity index (χ4v) is 1.67. The Labute approximate surface area is 102 Å². The fourth-order valence-electron chi connectivity index (χ4n) is 1.67. The quantitative estimate of drug-likeness (QED) is 0.864. The van der Waals surface area contributed by atoms with Crippen LogP contribution < -0.4 is 0 Å². The smallest absolute Gasteiger partial charge is 0.255 e. The van der Waals surface area contributed by atoms with Crippen molar-refractivity contribution in [2.75, 3.05) is 13.1 Å². The average molecular weight is 236 g/mol. The van der Waals surface area contributed by atoms with Crippen LogP contribution >= 0.6 is 0 Å². The van der Waals surface area contributed by atoms with Crippen LogP contribution in [0.1, 0.15) is 36.8 Å². The molecule has 4 nitrogen and oxygen atoms in total. The molecule has 0 spiro atoms. The molecule has 17 heavy (non-hydrogen) atoms. The van der Waals surface area contributed by atoms with Crippen LogP contribution in [0.15, 0.2) is 18.3 Å². The number of hydrogen-bond acceptors (Lipinski definition) is 3. The van der Waals surface area contributed by atoms with Gasteiger partial charge in [0.15, 0.2) is 0 Å². The van der Waals surface area contributed by atoms with Crippen molar-refractivity contribution in [2.24, 2.45) is 0 Å². The van der Waals surface area contributed by atoms with Gasteiger partial charge in [0.25, 0.3) is 5.91 Å². The molecule has 0 unspecified atom stereocenters. The van der Waals surface area contributed by atoms with Gasteiger partial charge in [0.05, 0.1) is 11.2 Å². The van der Waals surface area contributed by atoms with Gasteiger partial charge in [-0.2, -0.15) is 0 Å². The van der Waals surface area contributed by atoms with Crippen molar-refractivity contribution in [1.29, 1.82) is 0 Å². The molecule has 0 aliphatic rings. The Hall–Kier alpha value is -1.42. The molecule has 0 saturated carbocycles. The van der Waals surface area contributed by atoms with Gasteiger partial charge in [0.1, 0.15) is 0 Å². The molecule has 0 radical (unpaired) electrons. The second kappa shape index (κ2) is 5.27. The third kappa shape index (κ3) is 3.82. The molecule has 1 N–H and O–H groups in total. The predicted molar refractivity (Wildman–Crippen MR) is 66.8 cm³/mol. The molecule has 0 aliphatic carbocycles. The highest BCUT2D eigenvalue weighted by Gasteiger charge is 2.23. The van der Waals surface area contributed by atoms with E-state index >= 15 is 0 Å². The molecule has 0 aromatic carbocycles. The summed E-state index contributed by atoms with van der Waals surface area (Å²) in [5.41, 5.74) is 0.423. The number of amides is 1. The number of aliphatic hydroxyl groups is 1. The first-order chi connectivity index (χ1) is 7.85. The average Bonchev–Trinajstić information content (AvgIpc) is 2.24. The number of likely N-dealkylation sites (N-methyl/N-ethyl adjacent to an activating group) is 1. The van der Waals surface area contributed by atoms with Crippen LogP contribution in [0.2, 0.25) is 0 Å². The molecule has 1 heterocycles. The summed E-state index contributed by atoms with van der Waals surface area (Å²) >= 11 is 0. The van der Waals surface area contributed by atoms with Crippen molar-refractivity contribution in [1.82, 2.24) is 9.88 Å². The molecule has 0 saturated heterocycles. The molecule has 4 heteroatoms. The van der Waals surface area contributed by atoms with Crippen molar-refractivity contribution in [3.05, 3.63) is 29.6 Å². The van der Waals surface area contributed by atoms with Crippen LogP contribution in [0.3, 0.4) is 0 Å². The van der Waals surface area contributed by atoms with Crippen molar-refractivity contribution in [3.8, 4) is 0 Å². The second-order valence-corrected chi connectivity index (χ2v) is 4.77. The third-order valence-corrected chi connectivity index (χ3v) is 2.48. The maximum atomic E-state index is 12.2. The van der Waals surface area contributed by atoms with Crippen molar-refractivity contribution >= 4 is 5.91 Å². The number of rotatable bonds is 4. The Bertz CT molecular complexity index is 397. The highest BCUT2D eigenvalue weighted by molar-refractivity contribution is 5.95. The zero-order chi connectivity index (χ0) is 13.1. The summed E-state index contributed by atoms with van der Waals surface area (Å²) in [5.74, 6) is -0.0831. The summed E-state index contributed by atoms with van der Waals surface area (Å²) in [4.78, 5) is 18.0. The summed E-state index contributed by atoms with van der Waals surface area (Å²) in [6, 6.07) is 3.51. The van der Waals surface area contributed by atoms with Gasteiger partial charge >= 0.3 is 0 Å². The molecule has 1 rings (SSSR count). The third-order valence-electron chi connectivity index (χ3n) is 2.48. The predicted octanol–water partition coefficient (Wildman–Crippen LogP) is 1.62. The SMILES string of the molecule is CCN(CC(C)(C)O)C(=O)c1cccnc1C. The molecule has 0 atom stereocenters. The van der Waals surface area contributed by atoms with E-state index in [1.54, 1.807) is 37.1 Å². The largest absolute Gasteiger partial charge is 0.389 e. The van der Waals surface area contributed by atoms with E-state index in [0.717, 1.165) is 0 Å². The Morgan fingerprint density at radius 3 is 2.65 bits per heavy atom. The highest BCUT2D eigenvalue weighted by atomic mass is 16.3. The van der Waals surface area contributed by atoms with Crippen molar-refractivity contribution < 1.29 is 9.90 Å². The Morgan fingerprint density at radius 1 is 1.53 bits per heavy atom. The number of hydrogen-bond donors (Lipinski definition) is 1. The van der Waals surface area contributed by atoms with Gasteiger partial charge in [-0.15, -0.1) is 0 Å². The summed E-state index contributed by atoms with van der Waals surface area (Å²) in [6.07, 6.45) is 1.67. The van der Waals surface area contributed by atoms with E-state index < -0.39 is 5.60 Å². The molecule has 1 aromatic heterocycles. The zero-order valence-corrected chi connectivity index (χ0v) is 10.9. The van der Waals surface area contributed by atoms with E-state index in [1.807, 2.05) is 13.8 Å². The first-order valence-electron chi connectivity index (χ1n) is 5.78. The van der Waals surface area contributed by atoms with Crippen LogP contribution in [0, 0.1) is 6.92 Å². The van der Waals surface area contributed by atoms with Gasteiger partial charge in [-0.3, -0.25) is 9.78 Å². The molecular weight excluding hydrogens is 216 g/mol. The van der Waals surface area contributed by atoms with E-state index in [4.69, 9.17) is 0 Å². The van der Waals surface area contributed by atoms with E-state index in [-0.39, 0.29) is 5.91 Å². The van der Waals surface area contributed by atoms with E-state index in [9.17, 15) is 9.90 Å². The Balaban J connectivity index is 2.91. The Morgan fingerprint density at radius 2 is 2.18 bits per heavy atom. The molecule has 0 fully saturated rings. The number of aryl methyl sites for hydroxylation is 1. The molecule has 1 aromatic rings. The van der Waals surface area contributed by atoms with Crippen molar-refractivity contribution in [3.63, 3.8) is 0 Å². The van der Waals surface area contributed by atoms with E-state index in [1.165, 1.54) is 0 Å². The van der Waals surface area contributed by atoms with Gasteiger partial charge in [-0.25, -0.2) is 0 Å². The minimum atomic E-state index is -0.887. The lowest BCUT2D eigenvalue weighted by Gasteiger charge is -2.28. The van der Waals surface area contributed by atoms with Gasteiger partial charge in [-0.05, 0) is 39.8 Å². The first-order valence-corrected chi connectivity index (χ1v) is 5.78. The maximum absolute atomic E-state index is 12.2. The van der Waals surface area contributed by atoms with Crippen LogP contribution in [-0.2, 0) is 0 Å². The summed E-state index contributed by atoms with van der Waals surface area (Å²) in [7, 11) is 0. The maximum Gasteiger partial charge on any atom is 0.255 e. The summed E-state index contributed by atoms with van der Waals surface area (Å²) in [6.45, 7) is 7.98. The number of nitrogens with zero attached hydrogens (tertiary/aromatic N) is 2. The van der Waals surface area contributed by atoms with Crippen LogP contribution in [0.5, 0.6) is 0 Å². The number of pyridine rings is 1. The lowest BCUT2D eigenvalue weighted by Crippen LogP contribution is -2.42. The molecule has 0 bridgehead atoms. The number of carbonyl (C=O) groups excluding carboxylic acids is 1. The van der Waals surface area contributed by atoms with Crippen LogP contribution in [0.25, 0.3) is 0 Å². The lowest BCUT2D eigenvalue weighted by molar-refractivity contribution is 0.0314. The minimum Gasteiger partial charge on any atom is -0.389 e. The standard InChI is InChI=1S/C13H20N2O2/c1-5-15(9-13(3,4)17)12(16)11-7-6-8-14-10(11)2/h6-8,17H,5,9H2,1-4H3. The second-order valence-electron chi connectivity index (χ2n) is 4.77. The number of carbonyl (C=O) groups is 1. The molecular formula is C13H20N2O2. The Kier molecular flexibility index (Phi) is 4.23. The van der Waals surface area contributed by atoms with Gasteiger partial charge in [-0.1, -0.05) is 0 Å². The first kappa shape index (κ1) is 13.6. The van der Waals surface area contributed by atoms with E-state index in [0.29, 0.717) is 24.3 Å². The van der Waals surface area contributed by atoms with Gasteiger partial charge in [0, 0.05) is 25.0 Å². The fraction of sp³-hybridized carbons (Fsp3) is 0.538. The molecule has 0 aliphatic heterocycles. The normalized spacial score (nSPS) is 11.4. The summed E-state index contributed by atoms with van der Waals surface area (Å²) in [5, 5.41) is 9.77. The topological polar surface area (TPSA) is 53.4 Å². The van der Waals surface area contributed by atoms with Crippen LogP contribution in [0.4, 0.5) is 0 Å². The van der Waals surface area contributed by atoms with Crippen LogP contribution in [-0.4, -0.2) is 39.6 Å². The highest BCUT2D eigenvalue weighted by Crippen LogP contribution is 2.11. The monoisotopic (exact) mass is 236 g/mol. The molecule has 94 valence electrons. The minimum absolute atomic E-state index is 0.0831.